The van der Waals surface area contributed by atoms with Gasteiger partial charge in [0.25, 0.3) is 5.69 Å². The Morgan fingerprint density at radius 3 is 2.33 bits per heavy atom. The van der Waals surface area contributed by atoms with E-state index in [4.69, 9.17) is 4.18 Å². The lowest BCUT2D eigenvalue weighted by Crippen LogP contribution is -2.10. The van der Waals surface area contributed by atoms with Crippen LogP contribution in [0.4, 0.5) is 11.5 Å². The molecule has 0 atom stereocenters. The first kappa shape index (κ1) is 21.9. The minimum atomic E-state index is -4.00. The number of nitrogens with zero attached hydrogens (tertiary/aromatic N) is 3. The maximum absolute atomic E-state index is 12.4. The number of nitro groups is 1. The summed E-state index contributed by atoms with van der Waals surface area (Å²) in [5.41, 5.74) is 3.14. The van der Waals surface area contributed by atoms with E-state index in [1.807, 2.05) is 0 Å². The topological polar surface area (TPSA) is 124 Å². The first-order chi connectivity index (χ1) is 14.3. The minimum Gasteiger partial charge on any atom is -0.377 e. The van der Waals surface area contributed by atoms with Gasteiger partial charge in [-0.15, -0.1) is 0 Å². The standard InChI is InChI=1S/C18H12Br2N4O5S/c19-15-8-12(10-22-23-17-7-6-13(11-21-17)24(25)26)9-16(20)18(15)29-30(27,28)14-4-2-1-3-5-14/h1-11H,(H,21,23)/b22-10-. The van der Waals surface area contributed by atoms with Crippen LogP contribution in [0.5, 0.6) is 5.75 Å². The summed E-state index contributed by atoms with van der Waals surface area (Å²) in [6, 6.07) is 13.8. The van der Waals surface area contributed by atoms with E-state index < -0.39 is 15.0 Å². The van der Waals surface area contributed by atoms with E-state index in [1.54, 1.807) is 30.3 Å². The van der Waals surface area contributed by atoms with Crippen molar-refractivity contribution in [2.45, 2.75) is 4.90 Å². The Labute approximate surface area is 188 Å². The lowest BCUT2D eigenvalue weighted by Gasteiger charge is -2.11. The highest BCUT2D eigenvalue weighted by molar-refractivity contribution is 9.11. The van der Waals surface area contributed by atoms with Crippen LogP contribution < -0.4 is 9.61 Å². The third kappa shape index (κ3) is 5.40. The van der Waals surface area contributed by atoms with Crippen molar-refractivity contribution in [1.29, 1.82) is 0 Å². The molecule has 2 aromatic carbocycles. The average molecular weight is 556 g/mol. The molecule has 30 heavy (non-hydrogen) atoms. The Kier molecular flexibility index (Phi) is 6.80. The Morgan fingerprint density at radius 1 is 1.10 bits per heavy atom. The summed E-state index contributed by atoms with van der Waals surface area (Å²) in [4.78, 5) is 14.0. The molecule has 0 saturated heterocycles. The Balaban J connectivity index is 1.74. The lowest BCUT2D eigenvalue weighted by atomic mass is 10.2. The molecule has 0 aliphatic rings. The summed E-state index contributed by atoms with van der Waals surface area (Å²) < 4.78 is 30.9. The van der Waals surface area contributed by atoms with Gasteiger partial charge in [0, 0.05) is 6.07 Å². The SMILES string of the molecule is O=[N+]([O-])c1ccc(N/N=C\c2cc(Br)c(OS(=O)(=O)c3ccccc3)c(Br)c2)nc1. The molecule has 3 rings (SSSR count). The number of nitrogens with one attached hydrogen (secondary N) is 1. The molecule has 154 valence electrons. The number of anilines is 1. The molecule has 0 saturated carbocycles. The van der Waals surface area contributed by atoms with Crippen LogP contribution >= 0.6 is 31.9 Å². The van der Waals surface area contributed by atoms with Crippen molar-refractivity contribution in [2.75, 3.05) is 5.43 Å². The summed E-state index contributed by atoms with van der Waals surface area (Å²) in [5, 5.41) is 14.6. The predicted molar refractivity (Wildman–Crippen MR) is 118 cm³/mol. The maximum atomic E-state index is 12.4. The normalized spacial score (nSPS) is 11.4. The highest BCUT2D eigenvalue weighted by Crippen LogP contribution is 2.36. The molecule has 1 heterocycles. The molecule has 0 aliphatic heterocycles. The zero-order valence-corrected chi connectivity index (χ0v) is 18.9. The monoisotopic (exact) mass is 554 g/mol. The van der Waals surface area contributed by atoms with E-state index in [-0.39, 0.29) is 16.3 Å². The summed E-state index contributed by atoms with van der Waals surface area (Å²) in [6.07, 6.45) is 2.58. The van der Waals surface area contributed by atoms with Gasteiger partial charge in [0.15, 0.2) is 5.75 Å². The largest absolute Gasteiger partial charge is 0.377 e. The van der Waals surface area contributed by atoms with Crippen molar-refractivity contribution in [3.05, 3.63) is 85.4 Å². The van der Waals surface area contributed by atoms with Crippen LogP contribution in [0.1, 0.15) is 5.56 Å². The van der Waals surface area contributed by atoms with E-state index in [1.165, 1.54) is 30.5 Å². The van der Waals surface area contributed by atoms with E-state index >= 15 is 0 Å². The zero-order chi connectivity index (χ0) is 21.7. The average Bonchev–Trinajstić information content (AvgIpc) is 2.72. The Morgan fingerprint density at radius 2 is 1.77 bits per heavy atom. The van der Waals surface area contributed by atoms with Crippen LogP contribution in [-0.4, -0.2) is 24.5 Å². The highest BCUT2D eigenvalue weighted by Gasteiger charge is 2.20. The summed E-state index contributed by atoms with van der Waals surface area (Å²) in [6.45, 7) is 0. The van der Waals surface area contributed by atoms with E-state index in [2.05, 4.69) is 47.4 Å². The fourth-order valence-corrected chi connectivity index (χ4v) is 4.80. The molecule has 1 N–H and O–H groups in total. The van der Waals surface area contributed by atoms with Gasteiger partial charge in [-0.05, 0) is 67.8 Å². The second-order valence-electron chi connectivity index (χ2n) is 5.69. The van der Waals surface area contributed by atoms with Crippen molar-refractivity contribution in [1.82, 2.24) is 4.98 Å². The maximum Gasteiger partial charge on any atom is 0.339 e. The number of hydrogen-bond donors (Lipinski definition) is 1. The molecule has 0 radical (unpaired) electrons. The van der Waals surface area contributed by atoms with Crippen molar-refractivity contribution < 1.29 is 17.5 Å². The van der Waals surface area contributed by atoms with E-state index in [0.717, 1.165) is 6.20 Å². The lowest BCUT2D eigenvalue weighted by molar-refractivity contribution is -0.385. The zero-order valence-electron chi connectivity index (χ0n) is 14.9. The van der Waals surface area contributed by atoms with Gasteiger partial charge in [0.05, 0.1) is 20.1 Å². The third-order valence-electron chi connectivity index (χ3n) is 3.60. The molecule has 0 aliphatic carbocycles. The summed E-state index contributed by atoms with van der Waals surface area (Å²) in [5.74, 6) is 0.421. The number of rotatable bonds is 7. The highest BCUT2D eigenvalue weighted by atomic mass is 79.9. The van der Waals surface area contributed by atoms with Gasteiger partial charge < -0.3 is 4.18 Å². The molecular weight excluding hydrogens is 544 g/mol. The van der Waals surface area contributed by atoms with Crippen LogP contribution in [0.25, 0.3) is 0 Å². The number of hydrazone groups is 1. The van der Waals surface area contributed by atoms with E-state index in [9.17, 15) is 18.5 Å². The molecule has 0 unspecified atom stereocenters. The molecule has 9 nitrogen and oxygen atoms in total. The number of benzene rings is 2. The molecule has 0 bridgehead atoms. The van der Waals surface area contributed by atoms with Gasteiger partial charge in [-0.1, -0.05) is 18.2 Å². The van der Waals surface area contributed by atoms with Gasteiger partial charge in [0.2, 0.25) is 0 Å². The van der Waals surface area contributed by atoms with Crippen molar-refractivity contribution >= 4 is 59.7 Å². The molecule has 1 aromatic heterocycles. The number of halogens is 2. The van der Waals surface area contributed by atoms with Gasteiger partial charge in [0.1, 0.15) is 16.9 Å². The first-order valence-electron chi connectivity index (χ1n) is 8.14. The van der Waals surface area contributed by atoms with Gasteiger partial charge in [-0.2, -0.15) is 13.5 Å². The second-order valence-corrected chi connectivity index (χ2v) is 8.95. The number of hydrogen-bond acceptors (Lipinski definition) is 8. The van der Waals surface area contributed by atoms with Crippen LogP contribution in [0.2, 0.25) is 0 Å². The van der Waals surface area contributed by atoms with Crippen LogP contribution in [0.3, 0.4) is 0 Å². The van der Waals surface area contributed by atoms with Crippen molar-refractivity contribution in [2.24, 2.45) is 5.10 Å². The third-order valence-corrected chi connectivity index (χ3v) is 6.01. The fourth-order valence-electron chi connectivity index (χ4n) is 2.21. The molecule has 12 heteroatoms. The van der Waals surface area contributed by atoms with E-state index in [0.29, 0.717) is 20.3 Å². The number of aromatic nitrogens is 1. The summed E-state index contributed by atoms with van der Waals surface area (Å²) >= 11 is 6.61. The molecule has 3 aromatic rings. The van der Waals surface area contributed by atoms with Crippen LogP contribution in [0.15, 0.2) is 79.7 Å². The molecule has 0 amide bonds. The fraction of sp³-hybridized carbons (Fsp3) is 0. The minimum absolute atomic E-state index is 0.0363. The van der Waals surface area contributed by atoms with Gasteiger partial charge >= 0.3 is 10.1 Å². The Hall–Kier alpha value is -2.83. The first-order valence-corrected chi connectivity index (χ1v) is 11.1. The summed E-state index contributed by atoms with van der Waals surface area (Å²) in [7, 11) is -4.00. The molecular formula is C18H12Br2N4O5S. The Bertz CT molecular complexity index is 1180. The van der Waals surface area contributed by atoms with Crippen LogP contribution in [-0.2, 0) is 10.1 Å². The van der Waals surface area contributed by atoms with Gasteiger partial charge in [-0.3, -0.25) is 15.5 Å². The van der Waals surface area contributed by atoms with Crippen LogP contribution in [0, 0.1) is 10.1 Å². The molecule has 0 fully saturated rings. The predicted octanol–water partition coefficient (Wildman–Crippen LogP) is 4.73. The quantitative estimate of drug-likeness (QED) is 0.193. The van der Waals surface area contributed by atoms with Crippen molar-refractivity contribution in [3.63, 3.8) is 0 Å². The number of pyridine rings is 1. The van der Waals surface area contributed by atoms with Crippen molar-refractivity contribution in [3.8, 4) is 5.75 Å². The molecule has 0 spiro atoms. The smallest absolute Gasteiger partial charge is 0.339 e. The second kappa shape index (κ2) is 9.32. The van der Waals surface area contributed by atoms with Gasteiger partial charge in [-0.25, -0.2) is 4.98 Å².